The lowest BCUT2D eigenvalue weighted by molar-refractivity contribution is 0.413. The third-order valence-electron chi connectivity index (χ3n) is 3.13. The molecule has 2 N–H and O–H groups in total. The van der Waals surface area contributed by atoms with Gasteiger partial charge in [-0.1, -0.05) is 24.6 Å². The molecule has 0 fully saturated rings. The first-order valence-corrected chi connectivity index (χ1v) is 7.34. The molecule has 0 aliphatic carbocycles. The molecule has 0 aromatic heterocycles. The lowest BCUT2D eigenvalue weighted by Gasteiger charge is -2.26. The highest BCUT2D eigenvalue weighted by Gasteiger charge is 2.08. The van der Waals surface area contributed by atoms with Crippen LogP contribution in [0, 0.1) is 0 Å². The minimum atomic E-state index is 0.637. The van der Waals surface area contributed by atoms with Gasteiger partial charge in [0, 0.05) is 30.3 Å². The Kier molecular flexibility index (Phi) is 7.21. The van der Waals surface area contributed by atoms with Crippen LogP contribution in [-0.2, 0) is 6.42 Å². The number of hydrogen-bond donors (Lipinski definition) is 1. The first-order valence-electron chi connectivity index (χ1n) is 6.96. The maximum atomic E-state index is 6.32. The largest absolute Gasteiger partial charge is 0.370 e. The normalized spacial score (nSPS) is 11.1. The smallest absolute Gasteiger partial charge is 0.0459 e. The quantitative estimate of drug-likeness (QED) is 0.796. The number of benzene rings is 1. The molecule has 3 nitrogen and oxygen atoms in total. The van der Waals surface area contributed by atoms with Gasteiger partial charge in [-0.05, 0) is 51.2 Å². The zero-order chi connectivity index (χ0) is 14.3. The molecule has 4 heteroatoms. The first kappa shape index (κ1) is 16.3. The van der Waals surface area contributed by atoms with Gasteiger partial charge in [0.15, 0.2) is 0 Å². The average Bonchev–Trinajstić information content (AvgIpc) is 2.37. The van der Waals surface area contributed by atoms with Crippen LogP contribution >= 0.6 is 11.6 Å². The second kappa shape index (κ2) is 8.41. The van der Waals surface area contributed by atoms with E-state index in [0.29, 0.717) is 6.54 Å². The second-order valence-corrected chi connectivity index (χ2v) is 5.51. The minimum Gasteiger partial charge on any atom is -0.370 e. The van der Waals surface area contributed by atoms with Crippen LogP contribution in [0.4, 0.5) is 5.69 Å². The summed E-state index contributed by atoms with van der Waals surface area (Å²) >= 11 is 6.32. The Balaban J connectivity index is 2.80. The van der Waals surface area contributed by atoms with Crippen molar-refractivity contribution >= 4 is 17.3 Å². The molecule has 0 heterocycles. The van der Waals surface area contributed by atoms with Crippen LogP contribution in [0.3, 0.4) is 0 Å². The van der Waals surface area contributed by atoms with E-state index in [2.05, 4.69) is 49.0 Å². The Morgan fingerprint density at radius 1 is 1.16 bits per heavy atom. The van der Waals surface area contributed by atoms with E-state index in [0.717, 1.165) is 43.1 Å². The van der Waals surface area contributed by atoms with Crippen LogP contribution in [0.2, 0.25) is 5.02 Å². The predicted octanol–water partition coefficient (Wildman–Crippen LogP) is 2.62. The molecule has 0 saturated carbocycles. The van der Waals surface area contributed by atoms with Crippen LogP contribution < -0.4 is 10.6 Å². The summed E-state index contributed by atoms with van der Waals surface area (Å²) in [7, 11) is 4.20. The zero-order valence-electron chi connectivity index (χ0n) is 12.3. The average molecular weight is 284 g/mol. The number of nitrogens with two attached hydrogens (primary N) is 1. The van der Waals surface area contributed by atoms with Gasteiger partial charge >= 0.3 is 0 Å². The van der Waals surface area contributed by atoms with Crippen molar-refractivity contribution in [3.63, 3.8) is 0 Å². The Labute approximate surface area is 122 Å². The molecule has 0 unspecified atom stereocenters. The minimum absolute atomic E-state index is 0.637. The summed E-state index contributed by atoms with van der Waals surface area (Å²) < 4.78 is 0. The molecule has 1 aromatic carbocycles. The number of hydrogen-bond acceptors (Lipinski definition) is 3. The topological polar surface area (TPSA) is 32.5 Å². The van der Waals surface area contributed by atoms with E-state index >= 15 is 0 Å². The predicted molar refractivity (Wildman–Crippen MR) is 85.3 cm³/mol. The molecule has 1 rings (SSSR count). The van der Waals surface area contributed by atoms with Crippen LogP contribution in [0.25, 0.3) is 0 Å². The fraction of sp³-hybridized carbons (Fsp3) is 0.600. The van der Waals surface area contributed by atoms with E-state index < -0.39 is 0 Å². The number of likely N-dealkylation sites (N-methyl/N-ethyl adjacent to an activating group) is 1. The van der Waals surface area contributed by atoms with E-state index in [1.807, 2.05) is 0 Å². The summed E-state index contributed by atoms with van der Waals surface area (Å²) in [6, 6.07) is 6.32. The Hall–Kier alpha value is -0.770. The zero-order valence-corrected chi connectivity index (χ0v) is 13.1. The summed E-state index contributed by atoms with van der Waals surface area (Å²) in [6.45, 7) is 5.96. The summed E-state index contributed by atoms with van der Waals surface area (Å²) in [6.07, 6.45) is 1.97. The fourth-order valence-corrected chi connectivity index (χ4v) is 2.32. The van der Waals surface area contributed by atoms with Gasteiger partial charge in [-0.25, -0.2) is 0 Å². The van der Waals surface area contributed by atoms with Gasteiger partial charge in [0.1, 0.15) is 0 Å². The van der Waals surface area contributed by atoms with Gasteiger partial charge < -0.3 is 15.5 Å². The monoisotopic (exact) mass is 283 g/mol. The van der Waals surface area contributed by atoms with Crippen molar-refractivity contribution in [1.29, 1.82) is 0 Å². The Bertz CT molecular complexity index is 380. The van der Waals surface area contributed by atoms with Crippen LogP contribution in [-0.4, -0.2) is 45.2 Å². The Morgan fingerprint density at radius 2 is 1.89 bits per heavy atom. The van der Waals surface area contributed by atoms with Gasteiger partial charge in [0.05, 0.1) is 0 Å². The lowest BCUT2D eigenvalue weighted by Crippen LogP contribution is -2.32. The molecule has 0 amide bonds. The number of halogens is 1. The molecule has 19 heavy (non-hydrogen) atoms. The molecule has 1 aromatic rings. The van der Waals surface area contributed by atoms with Gasteiger partial charge in [0.2, 0.25) is 0 Å². The van der Waals surface area contributed by atoms with Crippen LogP contribution in [0.15, 0.2) is 18.2 Å². The second-order valence-electron chi connectivity index (χ2n) is 5.10. The molecule has 0 aliphatic rings. The van der Waals surface area contributed by atoms with Crippen LogP contribution in [0.1, 0.15) is 18.9 Å². The Morgan fingerprint density at radius 3 is 2.42 bits per heavy atom. The summed E-state index contributed by atoms with van der Waals surface area (Å²) in [4.78, 5) is 4.59. The first-order chi connectivity index (χ1) is 9.08. The highest BCUT2D eigenvalue weighted by molar-refractivity contribution is 6.31. The molecule has 108 valence electrons. The van der Waals surface area contributed by atoms with Crippen molar-refractivity contribution in [2.75, 3.05) is 45.2 Å². The van der Waals surface area contributed by atoms with Gasteiger partial charge in [-0.3, -0.25) is 0 Å². The third-order valence-corrected chi connectivity index (χ3v) is 3.48. The molecule has 0 bridgehead atoms. The molecular formula is C15H26ClN3. The fourth-order valence-electron chi connectivity index (χ4n) is 2.05. The van der Waals surface area contributed by atoms with E-state index in [1.54, 1.807) is 0 Å². The molecule has 0 atom stereocenters. The van der Waals surface area contributed by atoms with E-state index in [-0.39, 0.29) is 0 Å². The summed E-state index contributed by atoms with van der Waals surface area (Å²) in [5, 5.41) is 0.828. The molecule has 0 spiro atoms. The highest BCUT2D eigenvalue weighted by Crippen LogP contribution is 2.24. The lowest BCUT2D eigenvalue weighted by atomic mass is 10.1. The highest BCUT2D eigenvalue weighted by atomic mass is 35.5. The van der Waals surface area contributed by atoms with Crippen molar-refractivity contribution in [2.24, 2.45) is 5.73 Å². The standard InChI is InChI=1S/C15H26ClN3/c1-4-9-19(11-10-18(2)3)14-6-5-13(7-8-17)15(16)12-14/h5-6,12H,4,7-11,17H2,1-3H3. The number of anilines is 1. The molecule has 0 aliphatic heterocycles. The van der Waals surface area contributed by atoms with Crippen molar-refractivity contribution in [1.82, 2.24) is 4.90 Å². The van der Waals surface area contributed by atoms with Crippen molar-refractivity contribution < 1.29 is 0 Å². The van der Waals surface area contributed by atoms with E-state index in [4.69, 9.17) is 17.3 Å². The van der Waals surface area contributed by atoms with Crippen molar-refractivity contribution in [3.05, 3.63) is 28.8 Å². The van der Waals surface area contributed by atoms with Crippen molar-refractivity contribution in [2.45, 2.75) is 19.8 Å². The molecule has 0 saturated heterocycles. The SMILES string of the molecule is CCCN(CCN(C)C)c1ccc(CCN)c(Cl)c1. The maximum absolute atomic E-state index is 6.32. The van der Waals surface area contributed by atoms with Gasteiger partial charge in [-0.2, -0.15) is 0 Å². The van der Waals surface area contributed by atoms with E-state index in [9.17, 15) is 0 Å². The van der Waals surface area contributed by atoms with E-state index in [1.165, 1.54) is 5.69 Å². The molecule has 0 radical (unpaired) electrons. The number of rotatable bonds is 8. The van der Waals surface area contributed by atoms with Crippen LogP contribution in [0.5, 0.6) is 0 Å². The van der Waals surface area contributed by atoms with Gasteiger partial charge in [0.25, 0.3) is 0 Å². The maximum Gasteiger partial charge on any atom is 0.0459 e. The summed E-state index contributed by atoms with van der Waals surface area (Å²) in [5.74, 6) is 0. The summed E-state index contributed by atoms with van der Waals surface area (Å²) in [5.41, 5.74) is 7.92. The van der Waals surface area contributed by atoms with Crippen molar-refractivity contribution in [3.8, 4) is 0 Å². The molecular weight excluding hydrogens is 258 g/mol. The van der Waals surface area contributed by atoms with Gasteiger partial charge in [-0.15, -0.1) is 0 Å². The number of nitrogens with zero attached hydrogens (tertiary/aromatic N) is 2. The third kappa shape index (κ3) is 5.39.